The number of hydrogen-bond acceptors (Lipinski definition) is 2. The molecule has 86 valence electrons. The Bertz CT molecular complexity index is 568. The topological polar surface area (TPSA) is 3.24 Å². The van der Waals surface area contributed by atoms with Crippen LogP contribution in [0, 0.1) is 0 Å². The molecule has 0 fully saturated rings. The molecule has 1 aliphatic rings. The van der Waals surface area contributed by atoms with Crippen molar-refractivity contribution in [2.45, 2.75) is 15.7 Å². The molecule has 0 aliphatic carbocycles. The van der Waals surface area contributed by atoms with Gasteiger partial charge in [-0.25, -0.2) is 0 Å². The molecule has 2 aromatic rings. The highest BCUT2D eigenvalue weighted by Crippen LogP contribution is 2.47. The number of rotatable bonds is 1. The summed E-state index contributed by atoms with van der Waals surface area (Å²) in [4.78, 5) is 4.82. The molecule has 1 nitrogen and oxygen atoms in total. The van der Waals surface area contributed by atoms with Gasteiger partial charge in [-0.1, -0.05) is 30.0 Å². The number of para-hydroxylation sites is 1. The zero-order valence-electron chi connectivity index (χ0n) is 9.48. The maximum atomic E-state index is 5.88. The molecule has 0 radical (unpaired) electrons. The molecule has 0 saturated carbocycles. The highest BCUT2D eigenvalue weighted by atomic mass is 35.5. The molecule has 3 heteroatoms. The van der Waals surface area contributed by atoms with E-state index in [0.717, 1.165) is 0 Å². The van der Waals surface area contributed by atoms with E-state index in [1.54, 1.807) is 0 Å². The number of anilines is 2. The van der Waals surface area contributed by atoms with Crippen molar-refractivity contribution in [3.8, 4) is 0 Å². The van der Waals surface area contributed by atoms with Gasteiger partial charge < -0.3 is 4.90 Å². The van der Waals surface area contributed by atoms with Crippen LogP contribution in [0.2, 0.25) is 0 Å². The van der Waals surface area contributed by atoms with Gasteiger partial charge in [0.15, 0.2) is 0 Å². The van der Waals surface area contributed by atoms with E-state index in [-0.39, 0.29) is 0 Å². The second-order valence-corrected chi connectivity index (χ2v) is 5.42. The Labute approximate surface area is 110 Å². The van der Waals surface area contributed by atoms with Crippen LogP contribution in [0.25, 0.3) is 0 Å². The van der Waals surface area contributed by atoms with E-state index >= 15 is 0 Å². The first-order chi connectivity index (χ1) is 8.29. The van der Waals surface area contributed by atoms with Crippen LogP contribution < -0.4 is 4.90 Å². The zero-order chi connectivity index (χ0) is 11.8. The molecule has 0 bridgehead atoms. The van der Waals surface area contributed by atoms with Crippen molar-refractivity contribution in [1.82, 2.24) is 0 Å². The Hall–Kier alpha value is -1.12. The van der Waals surface area contributed by atoms with Crippen molar-refractivity contribution in [2.75, 3.05) is 11.9 Å². The van der Waals surface area contributed by atoms with E-state index in [1.807, 2.05) is 11.8 Å². The summed E-state index contributed by atoms with van der Waals surface area (Å²) in [5.41, 5.74) is 3.69. The second kappa shape index (κ2) is 4.28. The van der Waals surface area contributed by atoms with Crippen LogP contribution >= 0.6 is 23.4 Å². The Balaban J connectivity index is 2.12. The predicted octanol–water partition coefficient (Wildman–Crippen LogP) is 4.66. The first-order valence-corrected chi connectivity index (χ1v) is 6.84. The molecule has 0 spiro atoms. The van der Waals surface area contributed by atoms with E-state index in [9.17, 15) is 0 Å². The van der Waals surface area contributed by atoms with Crippen LogP contribution in [-0.4, -0.2) is 7.05 Å². The van der Waals surface area contributed by atoms with Gasteiger partial charge in [0.2, 0.25) is 0 Å². The fraction of sp³-hybridized carbons (Fsp3) is 0.143. The lowest BCUT2D eigenvalue weighted by molar-refractivity contribution is 1.10. The number of alkyl halides is 1. The van der Waals surface area contributed by atoms with Gasteiger partial charge in [-0.2, -0.15) is 0 Å². The third-order valence-electron chi connectivity index (χ3n) is 2.99. The van der Waals surface area contributed by atoms with Gasteiger partial charge in [0.05, 0.1) is 11.4 Å². The standard InChI is InChI=1S/C14H12ClNS/c1-16-11-4-2-3-5-13(11)17-14-8-10(9-15)6-7-12(14)16/h2-8H,9H2,1H3. The highest BCUT2D eigenvalue weighted by molar-refractivity contribution is 7.99. The highest BCUT2D eigenvalue weighted by Gasteiger charge is 2.19. The molecule has 17 heavy (non-hydrogen) atoms. The average molecular weight is 262 g/mol. The quantitative estimate of drug-likeness (QED) is 0.687. The number of halogens is 1. The van der Waals surface area contributed by atoms with Gasteiger partial charge in [-0.05, 0) is 29.8 Å². The minimum Gasteiger partial charge on any atom is -0.343 e. The van der Waals surface area contributed by atoms with Crippen molar-refractivity contribution in [3.63, 3.8) is 0 Å². The van der Waals surface area contributed by atoms with Crippen LogP contribution in [0.1, 0.15) is 5.56 Å². The van der Waals surface area contributed by atoms with Crippen LogP contribution in [0.4, 0.5) is 11.4 Å². The van der Waals surface area contributed by atoms with Crippen molar-refractivity contribution < 1.29 is 0 Å². The molecule has 1 heterocycles. The molecular formula is C14H12ClNS. The Morgan fingerprint density at radius 2 is 1.82 bits per heavy atom. The van der Waals surface area contributed by atoms with E-state index in [0.29, 0.717) is 5.88 Å². The van der Waals surface area contributed by atoms with Crippen molar-refractivity contribution in [1.29, 1.82) is 0 Å². The van der Waals surface area contributed by atoms with Crippen LogP contribution in [0.3, 0.4) is 0 Å². The molecule has 0 amide bonds. The fourth-order valence-corrected chi connectivity index (χ4v) is 3.45. The lowest BCUT2D eigenvalue weighted by atomic mass is 10.2. The molecular weight excluding hydrogens is 250 g/mol. The lowest BCUT2D eigenvalue weighted by Crippen LogP contribution is -2.14. The maximum Gasteiger partial charge on any atom is 0.0550 e. The zero-order valence-corrected chi connectivity index (χ0v) is 11.1. The molecule has 0 N–H and O–H groups in total. The molecule has 1 aliphatic heterocycles. The summed E-state index contributed by atoms with van der Waals surface area (Å²) in [5, 5.41) is 0. The van der Waals surface area contributed by atoms with Gasteiger partial charge in [-0.15, -0.1) is 11.6 Å². The SMILES string of the molecule is CN1c2ccccc2Sc2cc(CCl)ccc21. The first kappa shape index (κ1) is 11.0. The number of benzene rings is 2. The van der Waals surface area contributed by atoms with Crippen LogP contribution in [0.15, 0.2) is 52.3 Å². The van der Waals surface area contributed by atoms with Crippen molar-refractivity contribution in [3.05, 3.63) is 48.0 Å². The van der Waals surface area contributed by atoms with Gasteiger partial charge in [-0.3, -0.25) is 0 Å². The summed E-state index contributed by atoms with van der Waals surface area (Å²) in [6.07, 6.45) is 0. The smallest absolute Gasteiger partial charge is 0.0550 e. The molecule has 3 rings (SSSR count). The first-order valence-electron chi connectivity index (χ1n) is 5.49. The third kappa shape index (κ3) is 1.81. The molecule has 0 saturated heterocycles. The summed E-state index contributed by atoms with van der Waals surface area (Å²) in [6.45, 7) is 0. The normalized spacial score (nSPS) is 13.2. The third-order valence-corrected chi connectivity index (χ3v) is 4.41. The summed E-state index contributed by atoms with van der Waals surface area (Å²) in [7, 11) is 2.11. The number of nitrogens with zero attached hydrogens (tertiary/aromatic N) is 1. The minimum atomic E-state index is 0.569. The summed E-state index contributed by atoms with van der Waals surface area (Å²) in [6, 6.07) is 14.9. The molecule has 2 aromatic carbocycles. The van der Waals surface area contributed by atoms with Gasteiger partial charge in [0, 0.05) is 22.7 Å². The summed E-state index contributed by atoms with van der Waals surface area (Å²) >= 11 is 7.70. The number of hydrogen-bond donors (Lipinski definition) is 0. The van der Waals surface area contributed by atoms with Crippen molar-refractivity contribution >= 4 is 34.7 Å². The second-order valence-electron chi connectivity index (χ2n) is 4.06. The Morgan fingerprint density at radius 1 is 1.06 bits per heavy atom. The summed E-state index contributed by atoms with van der Waals surface area (Å²) < 4.78 is 0. The van der Waals surface area contributed by atoms with E-state index in [1.165, 1.54) is 26.7 Å². The Morgan fingerprint density at radius 3 is 2.65 bits per heavy atom. The monoisotopic (exact) mass is 261 g/mol. The average Bonchev–Trinajstić information content (AvgIpc) is 2.38. The fourth-order valence-electron chi connectivity index (χ4n) is 2.07. The van der Waals surface area contributed by atoms with Gasteiger partial charge in [0.1, 0.15) is 0 Å². The van der Waals surface area contributed by atoms with Crippen molar-refractivity contribution in [2.24, 2.45) is 0 Å². The van der Waals surface area contributed by atoms with E-state index in [2.05, 4.69) is 54.4 Å². The van der Waals surface area contributed by atoms with Gasteiger partial charge in [0.25, 0.3) is 0 Å². The number of fused-ring (bicyclic) bond motifs is 2. The Kier molecular flexibility index (Phi) is 2.77. The van der Waals surface area contributed by atoms with E-state index < -0.39 is 0 Å². The predicted molar refractivity (Wildman–Crippen MR) is 74.6 cm³/mol. The summed E-state index contributed by atoms with van der Waals surface area (Å²) in [5.74, 6) is 0.569. The maximum absolute atomic E-state index is 5.88. The molecule has 0 unspecified atom stereocenters. The van der Waals surface area contributed by atoms with Crippen LogP contribution in [-0.2, 0) is 5.88 Å². The minimum absolute atomic E-state index is 0.569. The van der Waals surface area contributed by atoms with Crippen LogP contribution in [0.5, 0.6) is 0 Å². The molecule has 0 aromatic heterocycles. The van der Waals surface area contributed by atoms with Gasteiger partial charge >= 0.3 is 0 Å². The lowest BCUT2D eigenvalue weighted by Gasteiger charge is -2.29. The van der Waals surface area contributed by atoms with E-state index in [4.69, 9.17) is 11.6 Å². The largest absolute Gasteiger partial charge is 0.343 e. The molecule has 0 atom stereocenters.